The smallest absolute Gasteiger partial charge is 0.410 e. The molecule has 0 spiro atoms. The monoisotopic (exact) mass is 585 g/mol. The third-order valence-corrected chi connectivity index (χ3v) is 6.76. The number of rotatable bonds is 14. The molecule has 0 saturated heterocycles. The van der Waals surface area contributed by atoms with Crippen LogP contribution in [0.25, 0.3) is 0 Å². The van der Waals surface area contributed by atoms with Gasteiger partial charge in [0.25, 0.3) is 11.8 Å². The molecule has 0 fully saturated rings. The third kappa shape index (κ3) is 11.0. The number of benzene rings is 1. The Morgan fingerprint density at radius 2 is 1.55 bits per heavy atom. The van der Waals surface area contributed by atoms with E-state index in [1.807, 2.05) is 20.8 Å². The maximum Gasteiger partial charge on any atom is 0.410 e. The summed E-state index contributed by atoms with van der Waals surface area (Å²) < 4.78 is 5.33. The molecular weight excluding hydrogens is 542 g/mol. The van der Waals surface area contributed by atoms with Gasteiger partial charge >= 0.3 is 6.09 Å². The summed E-state index contributed by atoms with van der Waals surface area (Å²) >= 11 is 0. The SMILES string of the molecule is CC(C)C(NC(=O)CCCCCN1C(=O)C=CC1=O)C(=O)NCC(=O)Nc1ccc(COC(=O)N(C)C(C)(C)C)cc1. The van der Waals surface area contributed by atoms with Crippen LogP contribution in [-0.2, 0) is 35.3 Å². The minimum Gasteiger partial charge on any atom is -0.445 e. The molecular formula is C30H43N5O7. The highest BCUT2D eigenvalue weighted by Crippen LogP contribution is 2.15. The number of imide groups is 1. The zero-order valence-electron chi connectivity index (χ0n) is 25.3. The van der Waals surface area contributed by atoms with E-state index in [1.54, 1.807) is 45.2 Å². The number of amides is 6. The molecule has 1 unspecified atom stereocenters. The summed E-state index contributed by atoms with van der Waals surface area (Å²) in [5, 5.41) is 7.99. The van der Waals surface area contributed by atoms with Crippen molar-refractivity contribution in [1.29, 1.82) is 0 Å². The van der Waals surface area contributed by atoms with Crippen LogP contribution in [0, 0.1) is 5.92 Å². The van der Waals surface area contributed by atoms with Gasteiger partial charge in [0.15, 0.2) is 0 Å². The van der Waals surface area contributed by atoms with Gasteiger partial charge in [-0.15, -0.1) is 0 Å². The summed E-state index contributed by atoms with van der Waals surface area (Å²) in [6.45, 7) is 9.42. The maximum absolute atomic E-state index is 12.7. The Hall–Kier alpha value is -4.22. The van der Waals surface area contributed by atoms with Crippen molar-refractivity contribution in [3.8, 4) is 0 Å². The molecule has 0 aromatic heterocycles. The molecule has 1 aromatic rings. The van der Waals surface area contributed by atoms with Crippen LogP contribution in [-0.4, -0.2) is 77.1 Å². The van der Waals surface area contributed by atoms with E-state index in [-0.39, 0.29) is 48.8 Å². The first-order valence-corrected chi connectivity index (χ1v) is 14.1. The highest BCUT2D eigenvalue weighted by Gasteiger charge is 2.25. The van der Waals surface area contributed by atoms with Gasteiger partial charge in [0.05, 0.1) is 6.54 Å². The van der Waals surface area contributed by atoms with Gasteiger partial charge in [-0.05, 0) is 57.2 Å². The number of anilines is 1. The molecule has 12 nitrogen and oxygen atoms in total. The van der Waals surface area contributed by atoms with Crippen molar-refractivity contribution in [3.63, 3.8) is 0 Å². The topological polar surface area (TPSA) is 154 Å². The lowest BCUT2D eigenvalue weighted by molar-refractivity contribution is -0.137. The lowest BCUT2D eigenvalue weighted by Crippen LogP contribution is -2.51. The van der Waals surface area contributed by atoms with Crippen molar-refractivity contribution >= 4 is 41.3 Å². The summed E-state index contributed by atoms with van der Waals surface area (Å²) in [5.74, 6) is -2.05. The van der Waals surface area contributed by atoms with Gasteiger partial charge in [0.2, 0.25) is 17.7 Å². The first-order chi connectivity index (χ1) is 19.7. The van der Waals surface area contributed by atoms with Gasteiger partial charge in [-0.2, -0.15) is 0 Å². The second-order valence-corrected chi connectivity index (χ2v) is 11.5. The molecule has 0 bridgehead atoms. The highest BCUT2D eigenvalue weighted by molar-refractivity contribution is 6.12. The normalized spacial score (nSPS) is 13.6. The van der Waals surface area contributed by atoms with Gasteiger partial charge in [0.1, 0.15) is 12.6 Å². The average Bonchev–Trinajstić information content (AvgIpc) is 3.25. The van der Waals surface area contributed by atoms with E-state index in [9.17, 15) is 28.8 Å². The average molecular weight is 586 g/mol. The van der Waals surface area contributed by atoms with Crippen LogP contribution >= 0.6 is 0 Å². The second-order valence-electron chi connectivity index (χ2n) is 11.5. The van der Waals surface area contributed by atoms with E-state index in [2.05, 4.69) is 16.0 Å². The first kappa shape index (κ1) is 34.0. The van der Waals surface area contributed by atoms with Crippen LogP contribution in [0.5, 0.6) is 0 Å². The Kier molecular flexibility index (Phi) is 12.7. The van der Waals surface area contributed by atoms with E-state index in [0.717, 1.165) is 10.5 Å². The molecule has 12 heteroatoms. The number of nitrogens with zero attached hydrogens (tertiary/aromatic N) is 2. The molecule has 0 saturated carbocycles. The van der Waals surface area contributed by atoms with Gasteiger partial charge in [0, 0.05) is 43.4 Å². The maximum atomic E-state index is 12.7. The Morgan fingerprint density at radius 1 is 0.929 bits per heavy atom. The van der Waals surface area contributed by atoms with Gasteiger partial charge in [-0.25, -0.2) is 4.79 Å². The molecule has 3 N–H and O–H groups in total. The first-order valence-electron chi connectivity index (χ1n) is 14.1. The largest absolute Gasteiger partial charge is 0.445 e. The predicted octanol–water partition coefficient (Wildman–Crippen LogP) is 2.73. The van der Waals surface area contributed by atoms with Crippen LogP contribution < -0.4 is 16.0 Å². The van der Waals surface area contributed by atoms with Gasteiger partial charge in [-0.1, -0.05) is 32.4 Å². The molecule has 42 heavy (non-hydrogen) atoms. The minimum absolute atomic E-state index is 0.0875. The summed E-state index contributed by atoms with van der Waals surface area (Å²) in [5.41, 5.74) is 0.905. The van der Waals surface area contributed by atoms with Gasteiger partial charge in [-0.3, -0.25) is 28.9 Å². The lowest BCUT2D eigenvalue weighted by Gasteiger charge is -2.30. The Balaban J connectivity index is 1.71. The molecule has 2 rings (SSSR count). The summed E-state index contributed by atoms with van der Waals surface area (Å²) in [6, 6.07) is 5.99. The quantitative estimate of drug-likeness (QED) is 0.224. The standard InChI is InChI=1S/C30H43N5O7/c1-20(2)27(33-23(36)10-8-7-9-17-35-25(38)15-16-26(35)39)28(40)31-18-24(37)32-22-13-11-21(12-14-22)19-42-29(41)34(6)30(3,4)5/h11-16,20,27H,7-10,17-19H2,1-6H3,(H,31,40)(H,32,37)(H,33,36). The molecule has 1 aliphatic heterocycles. The third-order valence-electron chi connectivity index (χ3n) is 6.76. The molecule has 1 aromatic carbocycles. The minimum atomic E-state index is -0.810. The lowest BCUT2D eigenvalue weighted by atomic mass is 10.0. The van der Waals surface area contributed by atoms with Crippen molar-refractivity contribution in [2.24, 2.45) is 5.92 Å². The Morgan fingerprint density at radius 3 is 2.12 bits per heavy atom. The fourth-order valence-corrected chi connectivity index (χ4v) is 3.85. The molecule has 1 heterocycles. The summed E-state index contributed by atoms with van der Waals surface area (Å²) in [4.78, 5) is 75.5. The van der Waals surface area contributed by atoms with E-state index in [1.165, 1.54) is 17.1 Å². The van der Waals surface area contributed by atoms with E-state index in [0.29, 0.717) is 31.5 Å². The molecule has 6 amide bonds. The van der Waals surface area contributed by atoms with Crippen LogP contribution in [0.3, 0.4) is 0 Å². The summed E-state index contributed by atoms with van der Waals surface area (Å²) in [7, 11) is 1.67. The molecule has 1 aliphatic rings. The molecule has 1 atom stereocenters. The van der Waals surface area contributed by atoms with Crippen LogP contribution in [0.1, 0.15) is 65.9 Å². The zero-order chi connectivity index (χ0) is 31.4. The van der Waals surface area contributed by atoms with E-state index in [4.69, 9.17) is 4.74 Å². The number of hydrogen-bond acceptors (Lipinski definition) is 7. The van der Waals surface area contributed by atoms with Crippen molar-refractivity contribution in [2.45, 2.75) is 78.5 Å². The molecule has 0 radical (unpaired) electrons. The van der Waals surface area contributed by atoms with E-state index < -0.39 is 23.9 Å². The Labute approximate surface area is 247 Å². The number of nitrogens with one attached hydrogen (secondary N) is 3. The fourth-order valence-electron chi connectivity index (χ4n) is 3.85. The van der Waals surface area contributed by atoms with E-state index >= 15 is 0 Å². The molecule has 0 aliphatic carbocycles. The number of unbranched alkanes of at least 4 members (excludes halogenated alkanes) is 2. The van der Waals surface area contributed by atoms with Gasteiger partial charge < -0.3 is 25.6 Å². The second kappa shape index (κ2) is 15.7. The van der Waals surface area contributed by atoms with Crippen LogP contribution in [0.2, 0.25) is 0 Å². The van der Waals surface area contributed by atoms with Crippen LogP contribution in [0.4, 0.5) is 10.5 Å². The highest BCUT2D eigenvalue weighted by atomic mass is 16.6. The summed E-state index contributed by atoms with van der Waals surface area (Å²) in [6.07, 6.45) is 4.01. The Bertz CT molecular complexity index is 1150. The zero-order valence-corrected chi connectivity index (χ0v) is 25.3. The predicted molar refractivity (Wildman–Crippen MR) is 157 cm³/mol. The number of carbonyl (C=O) groups is 6. The number of carbonyl (C=O) groups excluding carboxylic acids is 6. The van der Waals surface area contributed by atoms with Crippen molar-refractivity contribution in [2.75, 3.05) is 25.5 Å². The van der Waals surface area contributed by atoms with Crippen molar-refractivity contribution < 1.29 is 33.5 Å². The van der Waals surface area contributed by atoms with Crippen molar-refractivity contribution in [1.82, 2.24) is 20.4 Å². The number of ether oxygens (including phenoxy) is 1. The van der Waals surface area contributed by atoms with Crippen molar-refractivity contribution in [3.05, 3.63) is 42.0 Å². The van der Waals surface area contributed by atoms with Crippen LogP contribution in [0.15, 0.2) is 36.4 Å². The molecule has 230 valence electrons. The number of hydrogen-bond donors (Lipinski definition) is 3. The fraction of sp³-hybridized carbons (Fsp3) is 0.533.